The van der Waals surface area contributed by atoms with Crippen molar-refractivity contribution >= 4 is 17.5 Å². The Balaban J connectivity index is 3.23. The molecule has 0 aromatic heterocycles. The lowest BCUT2D eigenvalue weighted by Gasteiger charge is -2.04. The third kappa shape index (κ3) is 1.82. The van der Waals surface area contributed by atoms with E-state index in [1.54, 1.807) is 0 Å². The molecule has 0 aliphatic carbocycles. The van der Waals surface area contributed by atoms with Crippen LogP contribution in [-0.4, -0.2) is 16.1 Å². The van der Waals surface area contributed by atoms with Crippen molar-refractivity contribution in [3.63, 3.8) is 0 Å². The Kier molecular flexibility index (Phi) is 2.60. The van der Waals surface area contributed by atoms with Gasteiger partial charge < -0.3 is 10.2 Å². The van der Waals surface area contributed by atoms with Crippen molar-refractivity contribution in [1.82, 2.24) is 5.43 Å². The first-order valence-electron chi connectivity index (χ1n) is 3.28. The number of halogens is 1. The van der Waals surface area contributed by atoms with Gasteiger partial charge in [0.05, 0.1) is 10.6 Å². The van der Waals surface area contributed by atoms with Crippen molar-refractivity contribution in [2.24, 2.45) is 5.84 Å². The van der Waals surface area contributed by atoms with E-state index < -0.39 is 5.91 Å². The highest BCUT2D eigenvalue weighted by atomic mass is 35.5. The number of hydrogen-bond donors (Lipinski definition) is 4. The van der Waals surface area contributed by atoms with Crippen molar-refractivity contribution in [3.8, 4) is 11.5 Å². The van der Waals surface area contributed by atoms with Gasteiger partial charge in [-0.3, -0.25) is 10.2 Å². The maximum absolute atomic E-state index is 11.0. The summed E-state index contributed by atoms with van der Waals surface area (Å²) in [5.74, 6) is 3.48. The molecule has 0 fully saturated rings. The zero-order valence-corrected chi connectivity index (χ0v) is 7.17. The van der Waals surface area contributed by atoms with Gasteiger partial charge in [-0.15, -0.1) is 0 Å². The van der Waals surface area contributed by atoms with E-state index in [4.69, 9.17) is 22.6 Å². The number of phenolic OH excluding ortho intramolecular Hbond substituents is 2. The number of amides is 1. The fraction of sp³-hybridized carbons (Fsp3) is 0. The molecule has 13 heavy (non-hydrogen) atoms. The van der Waals surface area contributed by atoms with Crippen LogP contribution < -0.4 is 11.3 Å². The van der Waals surface area contributed by atoms with Crippen LogP contribution in [0.4, 0.5) is 0 Å². The zero-order valence-electron chi connectivity index (χ0n) is 6.41. The number of benzene rings is 1. The van der Waals surface area contributed by atoms with E-state index in [0.29, 0.717) is 0 Å². The van der Waals surface area contributed by atoms with Gasteiger partial charge in [0.2, 0.25) is 0 Å². The molecule has 0 bridgehead atoms. The van der Waals surface area contributed by atoms with E-state index in [0.717, 1.165) is 12.1 Å². The largest absolute Gasteiger partial charge is 0.507 e. The Hall–Kier alpha value is -1.46. The molecule has 5 nitrogen and oxygen atoms in total. The molecule has 0 spiro atoms. The first kappa shape index (κ1) is 9.63. The number of aromatic hydroxyl groups is 2. The summed E-state index contributed by atoms with van der Waals surface area (Å²) < 4.78 is 0. The highest BCUT2D eigenvalue weighted by Crippen LogP contribution is 2.30. The normalized spacial score (nSPS) is 9.69. The predicted molar refractivity (Wildman–Crippen MR) is 46.4 cm³/mol. The van der Waals surface area contributed by atoms with E-state index >= 15 is 0 Å². The number of phenols is 2. The second-order valence-corrected chi connectivity index (χ2v) is 2.70. The average molecular weight is 203 g/mol. The molecule has 1 rings (SSSR count). The first-order chi connectivity index (χ1) is 6.06. The predicted octanol–water partition coefficient (Wildman–Crippen LogP) is 0.355. The standard InChI is InChI=1S/C7H7ClN2O3/c8-4-1-3(7(13)10-9)5(11)2-6(4)12/h1-2,11-12H,9H2,(H,10,13). The van der Waals surface area contributed by atoms with E-state index in [1.165, 1.54) is 0 Å². The second-order valence-electron chi connectivity index (χ2n) is 2.29. The summed E-state index contributed by atoms with van der Waals surface area (Å²) in [5.41, 5.74) is 1.74. The summed E-state index contributed by atoms with van der Waals surface area (Å²) in [5, 5.41) is 18.2. The van der Waals surface area contributed by atoms with E-state index in [9.17, 15) is 9.90 Å². The Morgan fingerprint density at radius 1 is 1.38 bits per heavy atom. The zero-order chi connectivity index (χ0) is 10.0. The van der Waals surface area contributed by atoms with Crippen molar-refractivity contribution in [2.75, 3.05) is 0 Å². The Labute approximate surface area is 78.7 Å². The van der Waals surface area contributed by atoms with Gasteiger partial charge in [-0.25, -0.2) is 5.84 Å². The summed E-state index contributed by atoms with van der Waals surface area (Å²) in [7, 11) is 0. The monoisotopic (exact) mass is 202 g/mol. The second kappa shape index (κ2) is 3.51. The molecule has 0 unspecified atom stereocenters. The Bertz CT molecular complexity index is 354. The number of carbonyl (C=O) groups excluding carboxylic acids is 1. The van der Waals surface area contributed by atoms with Gasteiger partial charge >= 0.3 is 0 Å². The summed E-state index contributed by atoms with van der Waals surface area (Å²) in [6.45, 7) is 0. The highest BCUT2D eigenvalue weighted by Gasteiger charge is 2.12. The van der Waals surface area contributed by atoms with E-state index in [2.05, 4.69) is 0 Å². The summed E-state index contributed by atoms with van der Waals surface area (Å²) >= 11 is 5.50. The molecule has 0 aliphatic rings. The summed E-state index contributed by atoms with van der Waals surface area (Å²) in [6.07, 6.45) is 0. The number of nitrogens with two attached hydrogens (primary N) is 1. The molecule has 0 aliphatic heterocycles. The minimum Gasteiger partial charge on any atom is -0.507 e. The smallest absolute Gasteiger partial charge is 0.268 e. The number of hydrogen-bond acceptors (Lipinski definition) is 4. The maximum Gasteiger partial charge on any atom is 0.268 e. The first-order valence-corrected chi connectivity index (χ1v) is 3.66. The van der Waals surface area contributed by atoms with Crippen LogP contribution in [0.3, 0.4) is 0 Å². The number of nitrogens with one attached hydrogen (secondary N) is 1. The third-order valence-corrected chi connectivity index (χ3v) is 1.74. The molecule has 0 heterocycles. The summed E-state index contributed by atoms with van der Waals surface area (Å²) in [4.78, 5) is 11.0. The van der Waals surface area contributed by atoms with Crippen LogP contribution >= 0.6 is 11.6 Å². The van der Waals surface area contributed by atoms with Gasteiger partial charge in [0, 0.05) is 6.07 Å². The van der Waals surface area contributed by atoms with Crippen molar-refractivity contribution in [1.29, 1.82) is 0 Å². The molecule has 5 N–H and O–H groups in total. The minimum absolute atomic E-state index is 0.0311. The van der Waals surface area contributed by atoms with Crippen LogP contribution in [-0.2, 0) is 0 Å². The minimum atomic E-state index is -0.681. The van der Waals surface area contributed by atoms with Gasteiger partial charge in [-0.05, 0) is 6.07 Å². The lowest BCUT2D eigenvalue weighted by atomic mass is 10.2. The van der Waals surface area contributed by atoms with Gasteiger partial charge in [-0.2, -0.15) is 0 Å². The molecular weight excluding hydrogens is 196 g/mol. The van der Waals surface area contributed by atoms with Crippen LogP contribution in [0.2, 0.25) is 5.02 Å². The molecule has 1 aromatic carbocycles. The lowest BCUT2D eigenvalue weighted by Crippen LogP contribution is -2.30. The molecule has 0 saturated heterocycles. The Morgan fingerprint density at radius 3 is 2.54 bits per heavy atom. The van der Waals surface area contributed by atoms with Gasteiger partial charge in [-0.1, -0.05) is 11.6 Å². The van der Waals surface area contributed by atoms with Crippen molar-refractivity contribution < 1.29 is 15.0 Å². The molecule has 0 radical (unpaired) electrons. The van der Waals surface area contributed by atoms with Crippen LogP contribution in [0.5, 0.6) is 11.5 Å². The van der Waals surface area contributed by atoms with Gasteiger partial charge in [0.25, 0.3) is 5.91 Å². The average Bonchev–Trinajstić information content (AvgIpc) is 2.10. The number of rotatable bonds is 1. The maximum atomic E-state index is 11.0. The third-order valence-electron chi connectivity index (χ3n) is 1.44. The molecule has 1 amide bonds. The molecule has 0 atom stereocenters. The molecular formula is C7H7ClN2O3. The number of carbonyl (C=O) groups is 1. The van der Waals surface area contributed by atoms with Gasteiger partial charge in [0.1, 0.15) is 11.5 Å². The topological polar surface area (TPSA) is 95.6 Å². The molecule has 1 aromatic rings. The quantitative estimate of drug-likeness (QED) is 0.300. The molecule has 0 saturated carbocycles. The Morgan fingerprint density at radius 2 is 2.00 bits per heavy atom. The number of nitrogen functional groups attached to an aromatic ring is 1. The molecule has 70 valence electrons. The van der Waals surface area contributed by atoms with E-state index in [1.807, 2.05) is 5.43 Å². The SMILES string of the molecule is NNC(=O)c1cc(Cl)c(O)cc1O. The highest BCUT2D eigenvalue weighted by molar-refractivity contribution is 6.32. The van der Waals surface area contributed by atoms with Gasteiger partial charge in [0.15, 0.2) is 0 Å². The summed E-state index contributed by atoms with van der Waals surface area (Å²) in [6, 6.07) is 2.08. The van der Waals surface area contributed by atoms with E-state index in [-0.39, 0.29) is 22.1 Å². The van der Waals surface area contributed by atoms with Crippen molar-refractivity contribution in [3.05, 3.63) is 22.7 Å². The fourth-order valence-corrected chi connectivity index (χ4v) is 0.974. The van der Waals surface area contributed by atoms with Crippen LogP contribution in [0.1, 0.15) is 10.4 Å². The molecule has 6 heteroatoms. The van der Waals surface area contributed by atoms with Crippen molar-refractivity contribution in [2.45, 2.75) is 0 Å². The van der Waals surface area contributed by atoms with Crippen LogP contribution in [0.15, 0.2) is 12.1 Å². The van der Waals surface area contributed by atoms with Crippen LogP contribution in [0.25, 0.3) is 0 Å². The fourth-order valence-electron chi connectivity index (χ4n) is 0.810. The number of hydrazine groups is 1. The lowest BCUT2D eigenvalue weighted by molar-refractivity contribution is 0.0951. The van der Waals surface area contributed by atoms with Crippen LogP contribution in [0, 0.1) is 0 Å².